The van der Waals surface area contributed by atoms with Crippen LogP contribution >= 0.6 is 11.6 Å². The van der Waals surface area contributed by atoms with Gasteiger partial charge in [0.25, 0.3) is 0 Å². The minimum absolute atomic E-state index is 0.150. The van der Waals surface area contributed by atoms with Crippen molar-refractivity contribution in [2.24, 2.45) is 0 Å². The average molecular weight is 208 g/mol. The van der Waals surface area contributed by atoms with Gasteiger partial charge in [-0.05, 0) is 12.1 Å². The van der Waals surface area contributed by atoms with Gasteiger partial charge in [-0.3, -0.25) is 4.98 Å². The molecule has 0 amide bonds. The van der Waals surface area contributed by atoms with Crippen LogP contribution in [0.5, 0.6) is 0 Å². The van der Waals surface area contributed by atoms with E-state index in [-0.39, 0.29) is 5.69 Å². The molecule has 0 fully saturated rings. The number of hydrogen-bond donors (Lipinski definition) is 0. The Labute approximate surface area is 77.9 Å². The summed E-state index contributed by atoms with van der Waals surface area (Å²) in [5, 5.41) is -0.405. The molecule has 0 saturated carbocycles. The second-order valence-corrected chi connectivity index (χ2v) is 2.70. The second-order valence-electron chi connectivity index (χ2n) is 2.29. The Balaban J connectivity index is 3.27. The topological polar surface area (TPSA) is 12.9 Å². The molecular formula is C8H5ClF3N. The lowest BCUT2D eigenvalue weighted by molar-refractivity contribution is -0.137. The fourth-order valence-corrected chi connectivity index (χ4v) is 0.994. The molecule has 1 nitrogen and oxygen atoms in total. The Morgan fingerprint density at radius 1 is 1.46 bits per heavy atom. The Hall–Kier alpha value is -1.03. The van der Waals surface area contributed by atoms with E-state index in [0.717, 1.165) is 12.3 Å². The van der Waals surface area contributed by atoms with Crippen molar-refractivity contribution >= 4 is 17.7 Å². The first-order chi connectivity index (χ1) is 5.95. The van der Waals surface area contributed by atoms with Gasteiger partial charge in [0.15, 0.2) is 0 Å². The zero-order valence-electron chi connectivity index (χ0n) is 6.40. The van der Waals surface area contributed by atoms with Crippen molar-refractivity contribution in [3.05, 3.63) is 35.1 Å². The van der Waals surface area contributed by atoms with E-state index >= 15 is 0 Å². The second kappa shape index (κ2) is 3.38. The van der Waals surface area contributed by atoms with E-state index in [1.807, 2.05) is 0 Å². The van der Waals surface area contributed by atoms with Crippen LogP contribution in [0.25, 0.3) is 6.08 Å². The molecule has 0 aliphatic heterocycles. The molecule has 1 rings (SSSR count). The number of rotatable bonds is 1. The molecule has 0 bridgehead atoms. The Bertz CT molecular complexity index is 333. The summed E-state index contributed by atoms with van der Waals surface area (Å²) < 4.78 is 36.7. The van der Waals surface area contributed by atoms with Crippen LogP contribution in [0, 0.1) is 0 Å². The molecule has 5 heteroatoms. The van der Waals surface area contributed by atoms with Crippen molar-refractivity contribution in [2.75, 3.05) is 0 Å². The summed E-state index contributed by atoms with van der Waals surface area (Å²) in [6.45, 7) is 3.31. The molecule has 0 aliphatic rings. The molecular weight excluding hydrogens is 203 g/mol. The summed E-state index contributed by atoms with van der Waals surface area (Å²) in [7, 11) is 0. The first kappa shape index (κ1) is 10.1. The molecule has 0 aromatic carbocycles. The Morgan fingerprint density at radius 2 is 2.08 bits per heavy atom. The van der Waals surface area contributed by atoms with Crippen LogP contribution in [-0.4, -0.2) is 4.98 Å². The lowest BCUT2D eigenvalue weighted by atomic mass is 10.2. The van der Waals surface area contributed by atoms with E-state index in [0.29, 0.717) is 0 Å². The number of pyridine rings is 1. The largest absolute Gasteiger partial charge is 0.417 e. The molecule has 0 radical (unpaired) electrons. The van der Waals surface area contributed by atoms with E-state index in [1.54, 1.807) is 0 Å². The van der Waals surface area contributed by atoms with Gasteiger partial charge in [-0.25, -0.2) is 0 Å². The van der Waals surface area contributed by atoms with Gasteiger partial charge in [-0.1, -0.05) is 18.2 Å². The fourth-order valence-electron chi connectivity index (χ4n) is 0.784. The van der Waals surface area contributed by atoms with Crippen LogP contribution in [0.4, 0.5) is 13.2 Å². The zero-order chi connectivity index (χ0) is 10.1. The molecule has 0 saturated heterocycles. The summed E-state index contributed by atoms with van der Waals surface area (Å²) >= 11 is 5.32. The van der Waals surface area contributed by atoms with Crippen LogP contribution in [-0.2, 0) is 6.18 Å². The van der Waals surface area contributed by atoms with E-state index in [1.165, 1.54) is 6.08 Å². The van der Waals surface area contributed by atoms with Gasteiger partial charge < -0.3 is 0 Å². The van der Waals surface area contributed by atoms with Crippen molar-refractivity contribution in [2.45, 2.75) is 6.18 Å². The quantitative estimate of drug-likeness (QED) is 0.688. The third-order valence-electron chi connectivity index (χ3n) is 1.39. The number of halogens is 4. The van der Waals surface area contributed by atoms with Crippen molar-refractivity contribution in [1.82, 2.24) is 4.98 Å². The normalized spacial score (nSPS) is 11.4. The molecule has 1 aromatic rings. The van der Waals surface area contributed by atoms with Gasteiger partial charge in [0.2, 0.25) is 0 Å². The molecule has 1 aromatic heterocycles. The maximum Gasteiger partial charge on any atom is 0.417 e. The summed E-state index contributed by atoms with van der Waals surface area (Å²) in [6.07, 6.45) is -2.26. The molecule has 0 unspecified atom stereocenters. The maximum atomic E-state index is 12.2. The van der Waals surface area contributed by atoms with Gasteiger partial charge in [0, 0.05) is 6.20 Å². The van der Waals surface area contributed by atoms with Crippen molar-refractivity contribution in [3.63, 3.8) is 0 Å². The molecule has 13 heavy (non-hydrogen) atoms. The van der Waals surface area contributed by atoms with Crippen LogP contribution in [0.3, 0.4) is 0 Å². The minimum Gasteiger partial charge on any atom is -0.255 e. The van der Waals surface area contributed by atoms with E-state index in [2.05, 4.69) is 11.6 Å². The summed E-state index contributed by atoms with van der Waals surface area (Å²) in [6, 6.07) is 0.856. The predicted molar refractivity (Wildman–Crippen MR) is 44.3 cm³/mol. The molecule has 1 heterocycles. The van der Waals surface area contributed by atoms with Gasteiger partial charge >= 0.3 is 6.18 Å². The third-order valence-corrected chi connectivity index (χ3v) is 1.69. The molecule has 0 N–H and O–H groups in total. The summed E-state index contributed by atoms with van der Waals surface area (Å²) in [5.74, 6) is 0. The molecule has 70 valence electrons. The summed E-state index contributed by atoms with van der Waals surface area (Å²) in [5.41, 5.74) is -0.740. The monoisotopic (exact) mass is 207 g/mol. The van der Waals surface area contributed by atoms with Gasteiger partial charge in [0.1, 0.15) is 0 Å². The highest BCUT2D eigenvalue weighted by Crippen LogP contribution is 2.34. The highest BCUT2D eigenvalue weighted by Gasteiger charge is 2.33. The highest BCUT2D eigenvalue weighted by atomic mass is 35.5. The molecule has 0 spiro atoms. The van der Waals surface area contributed by atoms with Crippen LogP contribution < -0.4 is 0 Å². The number of nitrogens with zero attached hydrogens (tertiary/aromatic N) is 1. The molecule has 0 atom stereocenters. The van der Waals surface area contributed by atoms with Crippen molar-refractivity contribution in [1.29, 1.82) is 0 Å². The smallest absolute Gasteiger partial charge is 0.255 e. The predicted octanol–water partition coefficient (Wildman–Crippen LogP) is 3.40. The highest BCUT2D eigenvalue weighted by molar-refractivity contribution is 6.31. The zero-order valence-corrected chi connectivity index (χ0v) is 7.15. The standard InChI is InChI=1S/C8H5ClF3N/c1-2-5-3-6(8(10,11)12)7(9)4-13-5/h2-4H,1H2. The van der Waals surface area contributed by atoms with Gasteiger partial charge in [-0.2, -0.15) is 13.2 Å². The van der Waals surface area contributed by atoms with E-state index in [4.69, 9.17) is 11.6 Å². The minimum atomic E-state index is -4.45. The number of aromatic nitrogens is 1. The van der Waals surface area contributed by atoms with Crippen LogP contribution in [0.15, 0.2) is 18.8 Å². The number of hydrogen-bond acceptors (Lipinski definition) is 1. The first-order valence-electron chi connectivity index (χ1n) is 3.30. The fraction of sp³-hybridized carbons (Fsp3) is 0.125. The van der Waals surface area contributed by atoms with E-state index < -0.39 is 16.8 Å². The molecule has 0 aliphatic carbocycles. The van der Waals surface area contributed by atoms with E-state index in [9.17, 15) is 13.2 Å². The van der Waals surface area contributed by atoms with Crippen LogP contribution in [0.2, 0.25) is 5.02 Å². The Morgan fingerprint density at radius 3 is 2.54 bits per heavy atom. The SMILES string of the molecule is C=Cc1cc(C(F)(F)F)c(Cl)cn1. The average Bonchev–Trinajstić information content (AvgIpc) is 2.03. The lowest BCUT2D eigenvalue weighted by Crippen LogP contribution is -2.06. The lowest BCUT2D eigenvalue weighted by Gasteiger charge is -2.08. The van der Waals surface area contributed by atoms with Gasteiger partial charge in [-0.15, -0.1) is 0 Å². The van der Waals surface area contributed by atoms with Gasteiger partial charge in [0.05, 0.1) is 16.3 Å². The maximum absolute atomic E-state index is 12.2. The van der Waals surface area contributed by atoms with Crippen LogP contribution in [0.1, 0.15) is 11.3 Å². The summed E-state index contributed by atoms with van der Waals surface area (Å²) in [4.78, 5) is 3.62. The van der Waals surface area contributed by atoms with Crippen molar-refractivity contribution < 1.29 is 13.2 Å². The Kier molecular flexibility index (Phi) is 2.61. The first-order valence-corrected chi connectivity index (χ1v) is 3.68. The number of alkyl halides is 3. The van der Waals surface area contributed by atoms with Crippen molar-refractivity contribution in [3.8, 4) is 0 Å². The third kappa shape index (κ3) is 2.21.